The summed E-state index contributed by atoms with van der Waals surface area (Å²) < 4.78 is 30.7. The number of aromatic nitrogens is 2. The third-order valence-electron chi connectivity index (χ3n) is 3.42. The maximum Gasteiger partial charge on any atom is 0.151 e. The first-order valence-electron chi connectivity index (χ1n) is 6.81. The number of alkyl halides is 1. The van der Waals surface area contributed by atoms with Gasteiger partial charge in [-0.15, -0.1) is 11.6 Å². The summed E-state index contributed by atoms with van der Waals surface area (Å²) in [5.74, 6) is 2.15. The van der Waals surface area contributed by atoms with E-state index in [2.05, 4.69) is 4.98 Å². The molecule has 0 aliphatic heterocycles. The summed E-state index contributed by atoms with van der Waals surface area (Å²) in [5.41, 5.74) is 1.62. The van der Waals surface area contributed by atoms with Crippen LogP contribution in [0.25, 0.3) is 11.0 Å². The van der Waals surface area contributed by atoms with Crippen LogP contribution in [-0.2, 0) is 22.8 Å². The molecule has 1 heterocycles. The van der Waals surface area contributed by atoms with E-state index in [4.69, 9.17) is 16.3 Å². The molecule has 5 nitrogen and oxygen atoms in total. The van der Waals surface area contributed by atoms with Gasteiger partial charge in [0.05, 0.1) is 18.4 Å². The summed E-state index contributed by atoms with van der Waals surface area (Å²) >= 11 is 5.82. The highest BCUT2D eigenvalue weighted by atomic mass is 35.5. The fraction of sp³-hybridized carbons (Fsp3) is 0.500. The highest BCUT2D eigenvalue weighted by molar-refractivity contribution is 7.91. The second-order valence-electron chi connectivity index (χ2n) is 4.68. The zero-order valence-corrected chi connectivity index (χ0v) is 13.7. The first-order chi connectivity index (χ1) is 10.0. The number of hydrogen-bond acceptors (Lipinski definition) is 4. The summed E-state index contributed by atoms with van der Waals surface area (Å²) in [6.07, 6.45) is 0.589. The molecule has 0 saturated carbocycles. The molecule has 0 atom stereocenters. The van der Waals surface area contributed by atoms with Crippen LogP contribution in [0.2, 0.25) is 0 Å². The van der Waals surface area contributed by atoms with Crippen molar-refractivity contribution in [1.82, 2.24) is 9.55 Å². The Bertz CT molecular complexity index is 725. The molecule has 2 rings (SSSR count). The van der Waals surface area contributed by atoms with Crippen LogP contribution in [0.3, 0.4) is 0 Å². The number of methoxy groups -OCH3 is 1. The van der Waals surface area contributed by atoms with Gasteiger partial charge in [-0.25, -0.2) is 13.4 Å². The van der Waals surface area contributed by atoms with E-state index in [1.807, 2.05) is 22.8 Å². The maximum atomic E-state index is 11.7. The van der Waals surface area contributed by atoms with Crippen LogP contribution in [0, 0.1) is 0 Å². The Morgan fingerprint density at radius 3 is 2.76 bits per heavy atom. The average molecular weight is 331 g/mol. The molecular weight excluding hydrogens is 312 g/mol. The molecule has 1 aromatic carbocycles. The molecule has 0 unspecified atom stereocenters. The Balaban J connectivity index is 2.46. The standard InChI is InChI=1S/C14H19ClN2O3S/c1-3-21(18,19)10-9-17-11-5-4-6-12(20-2)14(11)16-13(17)7-8-15/h4-6H,3,7-10H2,1-2H3. The number of ether oxygens (including phenoxy) is 1. The number of nitrogens with zero attached hydrogens (tertiary/aromatic N) is 2. The lowest BCUT2D eigenvalue weighted by Gasteiger charge is -2.08. The lowest BCUT2D eigenvalue weighted by Crippen LogP contribution is -2.16. The lowest BCUT2D eigenvalue weighted by molar-refractivity contribution is 0.419. The van der Waals surface area contributed by atoms with Gasteiger partial charge in [0.25, 0.3) is 0 Å². The Morgan fingerprint density at radius 2 is 2.14 bits per heavy atom. The number of halogens is 1. The van der Waals surface area contributed by atoms with Crippen LogP contribution in [-0.4, -0.2) is 42.5 Å². The lowest BCUT2D eigenvalue weighted by atomic mass is 10.3. The highest BCUT2D eigenvalue weighted by Gasteiger charge is 2.16. The molecule has 0 bridgehead atoms. The summed E-state index contributed by atoms with van der Waals surface area (Å²) in [4.78, 5) is 4.56. The molecule has 0 saturated heterocycles. The minimum atomic E-state index is -3.02. The van der Waals surface area contributed by atoms with Crippen molar-refractivity contribution in [1.29, 1.82) is 0 Å². The monoisotopic (exact) mass is 330 g/mol. The molecule has 0 N–H and O–H groups in total. The molecule has 1 aromatic heterocycles. The molecule has 0 amide bonds. The SMILES string of the molecule is CCS(=O)(=O)CCn1c(CCCl)nc2c(OC)cccc21. The van der Waals surface area contributed by atoms with Gasteiger partial charge in [0.2, 0.25) is 0 Å². The van der Waals surface area contributed by atoms with E-state index in [1.165, 1.54) is 0 Å². The molecular formula is C14H19ClN2O3S. The van der Waals surface area contributed by atoms with Gasteiger partial charge in [0.15, 0.2) is 9.84 Å². The Morgan fingerprint density at radius 1 is 1.38 bits per heavy atom. The number of imidazole rings is 1. The number of rotatable bonds is 7. The van der Waals surface area contributed by atoms with E-state index in [0.29, 0.717) is 24.6 Å². The van der Waals surface area contributed by atoms with Gasteiger partial charge < -0.3 is 9.30 Å². The number of fused-ring (bicyclic) bond motifs is 1. The van der Waals surface area contributed by atoms with Crippen molar-refractivity contribution in [3.05, 3.63) is 24.0 Å². The molecule has 116 valence electrons. The van der Waals surface area contributed by atoms with Crippen molar-refractivity contribution in [2.75, 3.05) is 24.5 Å². The van der Waals surface area contributed by atoms with Crippen molar-refractivity contribution in [3.8, 4) is 5.75 Å². The number of aryl methyl sites for hydroxylation is 2. The minimum absolute atomic E-state index is 0.0987. The molecule has 0 aliphatic rings. The van der Waals surface area contributed by atoms with E-state index in [-0.39, 0.29) is 11.5 Å². The van der Waals surface area contributed by atoms with E-state index in [1.54, 1.807) is 14.0 Å². The average Bonchev–Trinajstić information content (AvgIpc) is 2.83. The van der Waals surface area contributed by atoms with Crippen LogP contribution >= 0.6 is 11.6 Å². The quantitative estimate of drug-likeness (QED) is 0.731. The molecule has 0 aliphatic carbocycles. The van der Waals surface area contributed by atoms with Crippen LogP contribution in [0.5, 0.6) is 5.75 Å². The van der Waals surface area contributed by atoms with Gasteiger partial charge in [0, 0.05) is 24.6 Å². The van der Waals surface area contributed by atoms with Crippen LogP contribution in [0.4, 0.5) is 0 Å². The van der Waals surface area contributed by atoms with Gasteiger partial charge in [-0.1, -0.05) is 13.0 Å². The summed E-state index contributed by atoms with van der Waals surface area (Å²) in [6.45, 7) is 2.04. The predicted octanol–water partition coefficient (Wildman–Crippen LogP) is 2.26. The smallest absolute Gasteiger partial charge is 0.151 e. The topological polar surface area (TPSA) is 61.2 Å². The maximum absolute atomic E-state index is 11.7. The van der Waals surface area contributed by atoms with Crippen molar-refractivity contribution >= 4 is 32.5 Å². The summed E-state index contributed by atoms with van der Waals surface area (Å²) in [5, 5.41) is 0. The Kier molecular flexibility index (Phi) is 5.11. The summed E-state index contributed by atoms with van der Waals surface area (Å²) in [6, 6.07) is 5.63. The van der Waals surface area contributed by atoms with Crippen LogP contribution in [0.15, 0.2) is 18.2 Å². The fourth-order valence-electron chi connectivity index (χ4n) is 2.23. The first-order valence-corrected chi connectivity index (χ1v) is 9.16. The number of benzene rings is 1. The molecule has 21 heavy (non-hydrogen) atoms. The Labute approximate surface area is 129 Å². The molecule has 0 spiro atoms. The second kappa shape index (κ2) is 6.66. The zero-order valence-electron chi connectivity index (χ0n) is 12.2. The molecule has 7 heteroatoms. The van der Waals surface area contributed by atoms with Crippen molar-refractivity contribution < 1.29 is 13.2 Å². The van der Waals surface area contributed by atoms with E-state index >= 15 is 0 Å². The van der Waals surface area contributed by atoms with Crippen molar-refractivity contribution in [2.45, 2.75) is 19.9 Å². The fourth-order valence-corrected chi connectivity index (χ4v) is 3.15. The number of hydrogen-bond donors (Lipinski definition) is 0. The van der Waals surface area contributed by atoms with Gasteiger partial charge in [-0.3, -0.25) is 0 Å². The predicted molar refractivity (Wildman–Crippen MR) is 85.0 cm³/mol. The van der Waals surface area contributed by atoms with Crippen molar-refractivity contribution in [2.24, 2.45) is 0 Å². The third kappa shape index (κ3) is 3.49. The zero-order chi connectivity index (χ0) is 15.5. The van der Waals surface area contributed by atoms with Crippen molar-refractivity contribution in [3.63, 3.8) is 0 Å². The van der Waals surface area contributed by atoms with Crippen LogP contribution in [0.1, 0.15) is 12.7 Å². The first kappa shape index (κ1) is 16.1. The van der Waals surface area contributed by atoms with E-state index in [0.717, 1.165) is 16.9 Å². The van der Waals surface area contributed by atoms with Gasteiger partial charge in [0.1, 0.15) is 17.1 Å². The molecule has 0 fully saturated rings. The third-order valence-corrected chi connectivity index (χ3v) is 5.30. The van der Waals surface area contributed by atoms with Gasteiger partial charge in [-0.2, -0.15) is 0 Å². The van der Waals surface area contributed by atoms with E-state index in [9.17, 15) is 8.42 Å². The normalized spacial score (nSPS) is 12.0. The Hall–Kier alpha value is -1.27. The largest absolute Gasteiger partial charge is 0.494 e. The number of para-hydroxylation sites is 1. The molecule has 0 radical (unpaired) electrons. The van der Waals surface area contributed by atoms with Gasteiger partial charge >= 0.3 is 0 Å². The van der Waals surface area contributed by atoms with Gasteiger partial charge in [-0.05, 0) is 12.1 Å². The second-order valence-corrected chi connectivity index (χ2v) is 7.53. The van der Waals surface area contributed by atoms with E-state index < -0.39 is 9.84 Å². The summed E-state index contributed by atoms with van der Waals surface area (Å²) in [7, 11) is -1.43. The van der Waals surface area contributed by atoms with Crippen LogP contribution < -0.4 is 4.74 Å². The highest BCUT2D eigenvalue weighted by Crippen LogP contribution is 2.26. The minimum Gasteiger partial charge on any atom is -0.494 e. The molecule has 2 aromatic rings. The number of sulfone groups is 1.